The molecule has 0 aliphatic carbocycles. The summed E-state index contributed by atoms with van der Waals surface area (Å²) in [6.45, 7) is -0.534. The first kappa shape index (κ1) is 26.6. The molecule has 0 saturated carbocycles. The van der Waals surface area contributed by atoms with Crippen molar-refractivity contribution in [3.63, 3.8) is 0 Å². The number of nitro benzene ring substituents is 1. The predicted molar refractivity (Wildman–Crippen MR) is 137 cm³/mol. The van der Waals surface area contributed by atoms with E-state index < -0.39 is 38.5 Å². The molecule has 1 saturated heterocycles. The van der Waals surface area contributed by atoms with Gasteiger partial charge in [-0.1, -0.05) is 24.3 Å². The normalized spacial score (nSPS) is 14.6. The molecule has 2 amide bonds. The molecule has 13 heteroatoms. The number of carbonyl (C=O) groups is 3. The molecular formula is C25H18N2O9S2. The minimum absolute atomic E-state index is 0.0388. The van der Waals surface area contributed by atoms with Gasteiger partial charge in [-0.25, -0.2) is 0 Å². The maximum Gasteiger partial charge on any atom is 0.339 e. The van der Waals surface area contributed by atoms with Crippen LogP contribution in [-0.2, 0) is 14.9 Å². The van der Waals surface area contributed by atoms with Crippen LogP contribution >= 0.6 is 11.8 Å². The molecule has 1 heterocycles. The van der Waals surface area contributed by atoms with Crippen LogP contribution in [0.1, 0.15) is 15.9 Å². The van der Waals surface area contributed by atoms with Gasteiger partial charge in [-0.2, -0.15) is 8.42 Å². The van der Waals surface area contributed by atoms with Gasteiger partial charge in [-0.3, -0.25) is 29.4 Å². The van der Waals surface area contributed by atoms with Crippen LogP contribution in [0, 0.1) is 10.1 Å². The van der Waals surface area contributed by atoms with Crippen molar-refractivity contribution in [2.75, 3.05) is 13.7 Å². The number of hydrogen-bond acceptors (Lipinski definition) is 10. The highest BCUT2D eigenvalue weighted by Crippen LogP contribution is 2.35. The lowest BCUT2D eigenvalue weighted by Crippen LogP contribution is -2.33. The molecule has 11 nitrogen and oxygen atoms in total. The minimum Gasteiger partial charge on any atom is -0.493 e. The van der Waals surface area contributed by atoms with Crippen LogP contribution in [-0.4, -0.2) is 48.8 Å². The molecule has 4 rings (SSSR count). The minimum atomic E-state index is -4.12. The summed E-state index contributed by atoms with van der Waals surface area (Å²) >= 11 is 0.634. The van der Waals surface area contributed by atoms with Gasteiger partial charge in [-0.15, -0.1) is 0 Å². The Morgan fingerprint density at radius 3 is 2.34 bits per heavy atom. The molecule has 3 aromatic rings. The van der Waals surface area contributed by atoms with Crippen LogP contribution in [0.2, 0.25) is 0 Å². The van der Waals surface area contributed by atoms with Crippen molar-refractivity contribution in [2.45, 2.75) is 4.90 Å². The second-order valence-corrected chi connectivity index (χ2v) is 10.3. The van der Waals surface area contributed by atoms with E-state index in [1.54, 1.807) is 18.2 Å². The zero-order valence-electron chi connectivity index (χ0n) is 19.6. The number of hydrogen-bond donors (Lipinski definition) is 0. The van der Waals surface area contributed by atoms with E-state index in [0.29, 0.717) is 17.3 Å². The first-order valence-electron chi connectivity index (χ1n) is 10.8. The van der Waals surface area contributed by atoms with Gasteiger partial charge >= 0.3 is 10.1 Å². The molecule has 0 aromatic heterocycles. The van der Waals surface area contributed by atoms with Gasteiger partial charge in [0.25, 0.3) is 16.8 Å². The first-order valence-corrected chi connectivity index (χ1v) is 13.0. The summed E-state index contributed by atoms with van der Waals surface area (Å²) in [6, 6.07) is 16.7. The van der Waals surface area contributed by atoms with Gasteiger partial charge in [0.05, 0.1) is 23.5 Å². The van der Waals surface area contributed by atoms with Gasteiger partial charge < -0.3 is 8.92 Å². The molecule has 0 N–H and O–H groups in total. The van der Waals surface area contributed by atoms with E-state index in [1.807, 2.05) is 0 Å². The number of nitro groups is 1. The molecule has 0 unspecified atom stereocenters. The predicted octanol–water partition coefficient (Wildman–Crippen LogP) is 4.29. The quantitative estimate of drug-likeness (QED) is 0.123. The van der Waals surface area contributed by atoms with Crippen LogP contribution in [0.4, 0.5) is 10.5 Å². The Hall–Kier alpha value is -4.49. The van der Waals surface area contributed by atoms with E-state index in [9.17, 15) is 32.9 Å². The Labute approximate surface area is 220 Å². The molecule has 0 bridgehead atoms. The summed E-state index contributed by atoms with van der Waals surface area (Å²) in [5, 5.41) is 10.1. The van der Waals surface area contributed by atoms with Gasteiger partial charge in [0.15, 0.2) is 17.3 Å². The zero-order valence-corrected chi connectivity index (χ0v) is 21.2. The summed E-state index contributed by atoms with van der Waals surface area (Å²) < 4.78 is 35.6. The van der Waals surface area contributed by atoms with Crippen LogP contribution in [0.5, 0.6) is 11.5 Å². The molecule has 1 fully saturated rings. The number of ether oxygens (including phenoxy) is 1. The number of nitrogens with zero attached hydrogens (tertiary/aromatic N) is 2. The standard InChI is InChI=1S/C25H18N2O9S2/c1-35-22-13-16(7-12-21(22)36-38(33,34)19-5-3-2-4-6-19)14-23-24(29)26(25(30)37-23)15-20(28)17-8-10-18(11-9-17)27(31)32/h2-14H,15H2,1H3/b23-14-. The molecule has 38 heavy (non-hydrogen) atoms. The average Bonchev–Trinajstić information content (AvgIpc) is 3.17. The maximum absolute atomic E-state index is 12.8. The van der Waals surface area contributed by atoms with Gasteiger partial charge in [0.2, 0.25) is 0 Å². The number of rotatable bonds is 9. The number of methoxy groups -OCH3 is 1. The number of benzene rings is 3. The fourth-order valence-electron chi connectivity index (χ4n) is 3.39. The number of amides is 2. The molecule has 0 atom stereocenters. The van der Waals surface area contributed by atoms with E-state index in [2.05, 4.69) is 0 Å². The maximum atomic E-state index is 12.8. The summed E-state index contributed by atoms with van der Waals surface area (Å²) in [4.78, 5) is 48.8. The van der Waals surface area contributed by atoms with Gasteiger partial charge in [0.1, 0.15) is 4.90 Å². The lowest BCUT2D eigenvalue weighted by atomic mass is 10.1. The van der Waals surface area contributed by atoms with Crippen molar-refractivity contribution < 1.29 is 36.6 Å². The highest BCUT2D eigenvalue weighted by molar-refractivity contribution is 8.18. The summed E-state index contributed by atoms with van der Waals surface area (Å²) in [5.74, 6) is -1.26. The monoisotopic (exact) mass is 554 g/mol. The lowest BCUT2D eigenvalue weighted by Gasteiger charge is -2.12. The highest BCUT2D eigenvalue weighted by Gasteiger charge is 2.36. The van der Waals surface area contributed by atoms with E-state index in [0.717, 1.165) is 17.0 Å². The summed E-state index contributed by atoms with van der Waals surface area (Å²) in [6.07, 6.45) is 1.40. The number of imide groups is 1. The SMILES string of the molecule is COc1cc(/C=C2\SC(=O)N(CC(=O)c3ccc([N+](=O)[O-])cc3)C2=O)ccc1OS(=O)(=O)c1ccccc1. The molecule has 194 valence electrons. The highest BCUT2D eigenvalue weighted by atomic mass is 32.2. The van der Waals surface area contributed by atoms with Crippen molar-refractivity contribution in [2.24, 2.45) is 0 Å². The van der Waals surface area contributed by atoms with Crippen molar-refractivity contribution in [3.8, 4) is 11.5 Å². The Morgan fingerprint density at radius 1 is 1.03 bits per heavy atom. The van der Waals surface area contributed by atoms with Gasteiger partial charge in [-0.05, 0) is 59.8 Å². The molecular weight excluding hydrogens is 536 g/mol. The first-order chi connectivity index (χ1) is 18.1. The van der Waals surface area contributed by atoms with Crippen LogP contribution in [0.15, 0.2) is 82.6 Å². The largest absolute Gasteiger partial charge is 0.493 e. The van der Waals surface area contributed by atoms with E-state index >= 15 is 0 Å². The number of thioether (sulfide) groups is 1. The van der Waals surface area contributed by atoms with Crippen molar-refractivity contribution in [3.05, 3.63) is 98.9 Å². The Bertz CT molecular complexity index is 1570. The number of ketones is 1. The third kappa shape index (κ3) is 5.74. The summed E-state index contributed by atoms with van der Waals surface area (Å²) in [5.41, 5.74) is 0.336. The number of carbonyl (C=O) groups excluding carboxylic acids is 3. The smallest absolute Gasteiger partial charge is 0.339 e. The molecule has 0 radical (unpaired) electrons. The van der Waals surface area contributed by atoms with E-state index in [-0.39, 0.29) is 32.6 Å². The van der Waals surface area contributed by atoms with Crippen molar-refractivity contribution in [1.29, 1.82) is 0 Å². The van der Waals surface area contributed by atoms with E-state index in [1.165, 1.54) is 55.7 Å². The van der Waals surface area contributed by atoms with Crippen molar-refractivity contribution >= 4 is 50.6 Å². The second kappa shape index (κ2) is 10.9. The topological polar surface area (TPSA) is 150 Å². The Balaban J connectivity index is 1.50. The van der Waals surface area contributed by atoms with E-state index in [4.69, 9.17) is 8.92 Å². The average molecular weight is 555 g/mol. The molecule has 3 aromatic carbocycles. The van der Waals surface area contributed by atoms with Crippen LogP contribution < -0.4 is 8.92 Å². The van der Waals surface area contributed by atoms with Crippen LogP contribution in [0.3, 0.4) is 0 Å². The lowest BCUT2D eigenvalue weighted by molar-refractivity contribution is -0.384. The fraction of sp³-hybridized carbons (Fsp3) is 0.0800. The molecule has 0 spiro atoms. The number of Topliss-reactive ketones (excluding diaryl/α,β-unsaturated/α-hetero) is 1. The third-order valence-corrected chi connectivity index (χ3v) is 7.45. The fourth-order valence-corrected chi connectivity index (χ4v) is 5.19. The third-order valence-electron chi connectivity index (χ3n) is 5.29. The van der Waals surface area contributed by atoms with Crippen LogP contribution in [0.25, 0.3) is 6.08 Å². The Kier molecular flexibility index (Phi) is 7.60. The van der Waals surface area contributed by atoms with Crippen molar-refractivity contribution in [1.82, 2.24) is 4.90 Å². The zero-order chi connectivity index (χ0) is 27.4. The second-order valence-electron chi connectivity index (χ2n) is 7.76. The number of non-ortho nitro benzene ring substituents is 1. The van der Waals surface area contributed by atoms with Gasteiger partial charge in [0, 0.05) is 17.7 Å². The molecule has 1 aliphatic rings. The summed E-state index contributed by atoms with van der Waals surface area (Å²) in [7, 11) is -2.80. The molecule has 1 aliphatic heterocycles. The Morgan fingerprint density at radius 2 is 1.71 bits per heavy atom.